The Hall–Kier alpha value is -1.68. The lowest BCUT2D eigenvalue weighted by Gasteiger charge is -2.43. The van der Waals surface area contributed by atoms with Crippen LogP contribution in [0.3, 0.4) is 0 Å². The van der Waals surface area contributed by atoms with Crippen LogP contribution in [0.2, 0.25) is 0 Å². The van der Waals surface area contributed by atoms with Crippen LogP contribution >= 0.6 is 0 Å². The van der Waals surface area contributed by atoms with Crippen LogP contribution < -0.4 is 5.32 Å². The third kappa shape index (κ3) is 38.8. The third-order valence-electron chi connectivity index (χ3n) is 12.9. The lowest BCUT2D eigenvalue weighted by atomic mass is 9.83. The van der Waals surface area contributed by atoms with Crippen molar-refractivity contribution < 1.29 is 9.47 Å². The molecule has 360 valence electrons. The second-order valence-electron chi connectivity index (χ2n) is 18.7. The Morgan fingerprint density at radius 2 is 0.613 bits per heavy atom. The molecule has 1 saturated heterocycles. The maximum Gasteiger partial charge on any atom is 0.159 e. The van der Waals surface area contributed by atoms with E-state index in [2.05, 4.69) is 106 Å². The quantitative estimate of drug-likeness (QED) is 0.0489. The van der Waals surface area contributed by atoms with Gasteiger partial charge in [0, 0.05) is 12.3 Å². The number of unbranched alkanes of at least 4 members (excludes halogenated alkanes) is 25. The average Bonchev–Trinajstić information content (AvgIpc) is 3.28. The fourth-order valence-electron chi connectivity index (χ4n) is 8.88. The van der Waals surface area contributed by atoms with Gasteiger partial charge < -0.3 is 14.8 Å². The Morgan fingerprint density at radius 3 is 0.935 bits per heavy atom. The first-order valence-corrected chi connectivity index (χ1v) is 27.6. The highest BCUT2D eigenvalue weighted by atomic mass is 16.7. The Balaban J connectivity index is 2.55. The second-order valence-corrected chi connectivity index (χ2v) is 18.7. The number of ether oxygens (including phenoxy) is 2. The van der Waals surface area contributed by atoms with Gasteiger partial charge in [-0.1, -0.05) is 216 Å². The highest BCUT2D eigenvalue weighted by molar-refractivity contribution is 4.94. The standard InChI is InChI=1S/C59H107NO2/c1-5-8-11-14-17-20-23-26-29-32-35-38-41-44-47-50-53-58-56(51-48-45-42-39-36-33-30-27-24-21-18-15-12-9-6-2)57(61-59(62-58)54-55-60-4)52-49-46-43-40-37-34-31-28-25-22-19-16-13-10-7-3/h17-22,26-31,56-60H,5-16,23-25,32-55H2,1-4H3/b20-17-,21-18-,22-19-,29-26-,30-27-,31-28-. The fourth-order valence-corrected chi connectivity index (χ4v) is 8.88. The van der Waals surface area contributed by atoms with E-state index < -0.39 is 0 Å². The van der Waals surface area contributed by atoms with Crippen molar-refractivity contribution in [3.63, 3.8) is 0 Å². The molecule has 1 aliphatic rings. The molecule has 0 spiro atoms. The van der Waals surface area contributed by atoms with Crippen LogP contribution in [0.5, 0.6) is 0 Å². The maximum absolute atomic E-state index is 6.86. The smallest absolute Gasteiger partial charge is 0.159 e. The van der Waals surface area contributed by atoms with E-state index in [0.717, 1.165) is 32.2 Å². The molecule has 0 radical (unpaired) electrons. The first-order chi connectivity index (χ1) is 30.8. The van der Waals surface area contributed by atoms with E-state index in [4.69, 9.17) is 9.47 Å². The van der Waals surface area contributed by atoms with Crippen molar-refractivity contribution in [3.8, 4) is 0 Å². The number of allylic oxidation sites excluding steroid dienone is 12. The van der Waals surface area contributed by atoms with E-state index in [1.54, 1.807) is 0 Å². The van der Waals surface area contributed by atoms with Crippen LogP contribution in [-0.2, 0) is 9.47 Å². The predicted octanol–water partition coefficient (Wildman–Crippen LogP) is 19.2. The molecule has 1 rings (SSSR count). The molecule has 0 aliphatic carbocycles. The van der Waals surface area contributed by atoms with Gasteiger partial charge >= 0.3 is 0 Å². The van der Waals surface area contributed by atoms with Gasteiger partial charge in [-0.15, -0.1) is 0 Å². The van der Waals surface area contributed by atoms with E-state index in [0.29, 0.717) is 18.1 Å². The minimum atomic E-state index is -0.0547. The van der Waals surface area contributed by atoms with Crippen LogP contribution in [0.4, 0.5) is 0 Å². The van der Waals surface area contributed by atoms with E-state index >= 15 is 0 Å². The molecule has 0 saturated carbocycles. The molecule has 0 aromatic carbocycles. The molecular formula is C59H107NO2. The lowest BCUT2D eigenvalue weighted by molar-refractivity contribution is -0.273. The first-order valence-electron chi connectivity index (χ1n) is 27.6. The van der Waals surface area contributed by atoms with Gasteiger partial charge in [-0.3, -0.25) is 0 Å². The molecule has 0 aromatic heterocycles. The molecule has 0 bridgehead atoms. The van der Waals surface area contributed by atoms with Gasteiger partial charge in [-0.05, 0) is 129 Å². The molecule has 0 amide bonds. The number of rotatable bonds is 46. The van der Waals surface area contributed by atoms with Crippen molar-refractivity contribution in [2.24, 2.45) is 5.92 Å². The zero-order chi connectivity index (χ0) is 44.5. The van der Waals surface area contributed by atoms with E-state index in [9.17, 15) is 0 Å². The van der Waals surface area contributed by atoms with Gasteiger partial charge in [0.2, 0.25) is 0 Å². The number of hydrogen-bond donors (Lipinski definition) is 1. The fraction of sp³-hybridized carbons (Fsp3) is 0.797. The maximum atomic E-state index is 6.86. The summed E-state index contributed by atoms with van der Waals surface area (Å²) in [6, 6.07) is 0. The molecule has 1 N–H and O–H groups in total. The zero-order valence-electron chi connectivity index (χ0n) is 42.1. The largest absolute Gasteiger partial charge is 0.349 e. The average molecular weight is 863 g/mol. The normalized spacial score (nSPS) is 18.8. The highest BCUT2D eigenvalue weighted by Gasteiger charge is 2.38. The molecule has 4 atom stereocenters. The molecule has 1 aliphatic heterocycles. The van der Waals surface area contributed by atoms with E-state index in [-0.39, 0.29) is 6.29 Å². The van der Waals surface area contributed by atoms with Crippen LogP contribution in [0.25, 0.3) is 0 Å². The van der Waals surface area contributed by atoms with Crippen LogP contribution in [0.15, 0.2) is 72.9 Å². The summed E-state index contributed by atoms with van der Waals surface area (Å²) in [5.74, 6) is 0.544. The number of hydrogen-bond acceptors (Lipinski definition) is 3. The molecule has 3 heteroatoms. The third-order valence-corrected chi connectivity index (χ3v) is 12.9. The Labute approximate surface area is 389 Å². The summed E-state index contributed by atoms with van der Waals surface area (Å²) in [7, 11) is 2.05. The molecule has 1 heterocycles. The Morgan fingerprint density at radius 1 is 0.323 bits per heavy atom. The topological polar surface area (TPSA) is 30.5 Å². The van der Waals surface area contributed by atoms with Gasteiger partial charge in [0.25, 0.3) is 0 Å². The Kier molecular flexibility index (Phi) is 45.9. The number of nitrogens with one attached hydrogen (secondary N) is 1. The van der Waals surface area contributed by atoms with Crippen LogP contribution in [0, 0.1) is 5.92 Å². The molecule has 1 fully saturated rings. The summed E-state index contributed by atoms with van der Waals surface area (Å²) >= 11 is 0. The molecule has 3 nitrogen and oxygen atoms in total. The van der Waals surface area contributed by atoms with Crippen LogP contribution in [0.1, 0.15) is 265 Å². The summed E-state index contributed by atoms with van der Waals surface area (Å²) in [6.07, 6.45) is 77.9. The first kappa shape index (κ1) is 58.3. The van der Waals surface area contributed by atoms with Gasteiger partial charge in [0.1, 0.15) is 0 Å². The molecule has 4 unspecified atom stereocenters. The minimum Gasteiger partial charge on any atom is -0.349 e. The SMILES string of the molecule is CCCCC/C=C\C/C=C\CCCCCCCCC1OC(CCNC)OC(CCCCCCC/C=C\C/C=C\CCCCC)C1CCCCCCC/C=C\C/C=C\CCCCC. The summed E-state index contributed by atoms with van der Waals surface area (Å²) in [4.78, 5) is 0. The highest BCUT2D eigenvalue weighted by Crippen LogP contribution is 2.36. The van der Waals surface area contributed by atoms with Crippen molar-refractivity contribution >= 4 is 0 Å². The minimum absolute atomic E-state index is 0.0547. The van der Waals surface area contributed by atoms with Crippen molar-refractivity contribution in [3.05, 3.63) is 72.9 Å². The van der Waals surface area contributed by atoms with E-state index in [1.807, 2.05) is 0 Å². The summed E-state index contributed by atoms with van der Waals surface area (Å²) in [5.41, 5.74) is 0. The molecular weight excluding hydrogens is 755 g/mol. The van der Waals surface area contributed by atoms with Crippen molar-refractivity contribution in [1.29, 1.82) is 0 Å². The summed E-state index contributed by atoms with van der Waals surface area (Å²) < 4.78 is 13.7. The van der Waals surface area contributed by atoms with Gasteiger partial charge in [0.15, 0.2) is 6.29 Å². The summed E-state index contributed by atoms with van der Waals surface area (Å²) in [6.45, 7) is 7.79. The summed E-state index contributed by atoms with van der Waals surface area (Å²) in [5, 5.41) is 3.36. The van der Waals surface area contributed by atoms with Crippen molar-refractivity contribution in [2.75, 3.05) is 13.6 Å². The van der Waals surface area contributed by atoms with Gasteiger partial charge in [0.05, 0.1) is 12.2 Å². The molecule has 62 heavy (non-hydrogen) atoms. The van der Waals surface area contributed by atoms with Gasteiger partial charge in [-0.25, -0.2) is 0 Å². The lowest BCUT2D eigenvalue weighted by Crippen LogP contribution is -2.47. The van der Waals surface area contributed by atoms with Crippen molar-refractivity contribution in [1.82, 2.24) is 5.32 Å². The zero-order valence-corrected chi connectivity index (χ0v) is 42.1. The molecule has 0 aromatic rings. The Bertz CT molecular complexity index is 1070. The van der Waals surface area contributed by atoms with Crippen LogP contribution in [-0.4, -0.2) is 32.1 Å². The second kappa shape index (κ2) is 48.8. The van der Waals surface area contributed by atoms with E-state index in [1.165, 1.54) is 218 Å². The van der Waals surface area contributed by atoms with Gasteiger partial charge in [-0.2, -0.15) is 0 Å². The van der Waals surface area contributed by atoms with Crippen molar-refractivity contribution in [2.45, 2.75) is 283 Å². The monoisotopic (exact) mass is 862 g/mol. The predicted molar refractivity (Wildman–Crippen MR) is 278 cm³/mol.